The van der Waals surface area contributed by atoms with Crippen LogP contribution in [0.1, 0.15) is 27.2 Å². The van der Waals surface area contributed by atoms with E-state index >= 15 is 0 Å². The Labute approximate surface area is 78.5 Å². The second-order valence-corrected chi connectivity index (χ2v) is 2.07. The zero-order valence-electron chi connectivity index (χ0n) is 8.32. The van der Waals surface area contributed by atoms with Crippen LogP contribution in [0.25, 0.3) is 0 Å². The largest absolute Gasteiger partial charge is 0.481 e. The van der Waals surface area contributed by atoms with Gasteiger partial charge in [0, 0.05) is 6.92 Å². The Morgan fingerprint density at radius 1 is 1.46 bits per heavy atom. The van der Waals surface area contributed by atoms with Gasteiger partial charge in [-0.1, -0.05) is 26.0 Å². The summed E-state index contributed by atoms with van der Waals surface area (Å²) < 4.78 is 0. The molecule has 0 atom stereocenters. The van der Waals surface area contributed by atoms with Crippen LogP contribution in [0.3, 0.4) is 0 Å². The van der Waals surface area contributed by atoms with E-state index in [-0.39, 0.29) is 6.42 Å². The number of hydrogen-bond donors (Lipinski definition) is 3. The molecular formula is C9H18NO3+. The molecule has 0 amide bonds. The molecule has 4 nitrogen and oxygen atoms in total. The second-order valence-electron chi connectivity index (χ2n) is 2.07. The summed E-state index contributed by atoms with van der Waals surface area (Å²) in [5.74, 6) is -0.861. The zero-order valence-corrected chi connectivity index (χ0v) is 8.32. The van der Waals surface area contributed by atoms with Crippen molar-refractivity contribution < 1.29 is 20.6 Å². The van der Waals surface area contributed by atoms with E-state index in [4.69, 9.17) is 10.3 Å². The van der Waals surface area contributed by atoms with Crippen LogP contribution in [-0.4, -0.2) is 16.3 Å². The van der Waals surface area contributed by atoms with Gasteiger partial charge in [0.15, 0.2) is 0 Å². The maximum atomic E-state index is 9.98. The first-order chi connectivity index (χ1) is 6.16. The van der Waals surface area contributed by atoms with Crippen LogP contribution in [-0.2, 0) is 4.79 Å². The number of carboxylic acids is 1. The van der Waals surface area contributed by atoms with Crippen molar-refractivity contribution in [3.8, 4) is 0 Å². The molecule has 76 valence electrons. The van der Waals surface area contributed by atoms with E-state index in [0.29, 0.717) is 5.70 Å². The maximum absolute atomic E-state index is 9.98. The van der Waals surface area contributed by atoms with E-state index in [2.05, 4.69) is 0 Å². The van der Waals surface area contributed by atoms with Gasteiger partial charge in [0.25, 0.3) is 0 Å². The minimum Gasteiger partial charge on any atom is -0.481 e. The molecule has 0 aromatic heterocycles. The summed E-state index contributed by atoms with van der Waals surface area (Å²) in [5.41, 5.74) is 1.65. The lowest BCUT2D eigenvalue weighted by atomic mass is 10.3. The third-order valence-electron chi connectivity index (χ3n) is 0.991. The monoisotopic (exact) mass is 188 g/mol. The lowest BCUT2D eigenvalue weighted by molar-refractivity contribution is -0.850. The summed E-state index contributed by atoms with van der Waals surface area (Å²) in [5, 5.41) is 16.6. The zero-order chi connectivity index (χ0) is 10.7. The number of nitrogens with two attached hydrogens (primary N) is 1. The van der Waals surface area contributed by atoms with E-state index in [0.717, 1.165) is 5.48 Å². The highest BCUT2D eigenvalue weighted by Gasteiger charge is 1.88. The SMILES string of the molecule is C/C(=C/C=C\CC(=O)O)[NH2+]O.CC. The maximum Gasteiger partial charge on any atom is 0.307 e. The van der Waals surface area contributed by atoms with Gasteiger partial charge in [0.1, 0.15) is 5.70 Å². The van der Waals surface area contributed by atoms with Gasteiger partial charge >= 0.3 is 5.97 Å². The fourth-order valence-electron chi connectivity index (χ4n) is 0.432. The number of rotatable bonds is 4. The Bertz CT molecular complexity index is 185. The van der Waals surface area contributed by atoms with Crippen molar-refractivity contribution in [2.75, 3.05) is 0 Å². The normalized spacial score (nSPS) is 10.9. The van der Waals surface area contributed by atoms with Crippen molar-refractivity contribution in [2.24, 2.45) is 0 Å². The summed E-state index contributed by atoms with van der Waals surface area (Å²) >= 11 is 0. The fraction of sp³-hybridized carbons (Fsp3) is 0.444. The Hall–Kier alpha value is -1.13. The van der Waals surface area contributed by atoms with Gasteiger partial charge in [0.05, 0.1) is 6.42 Å². The van der Waals surface area contributed by atoms with Crippen molar-refractivity contribution in [3.63, 3.8) is 0 Å². The highest BCUT2D eigenvalue weighted by Crippen LogP contribution is 1.85. The number of quaternary nitrogens is 1. The first-order valence-electron chi connectivity index (χ1n) is 4.19. The number of aliphatic carboxylic acids is 1. The molecule has 0 radical (unpaired) electrons. The molecule has 0 heterocycles. The molecule has 0 aromatic rings. The van der Waals surface area contributed by atoms with Gasteiger partial charge < -0.3 is 5.11 Å². The summed E-state index contributed by atoms with van der Waals surface area (Å²) in [6.45, 7) is 5.71. The Balaban J connectivity index is 0. The van der Waals surface area contributed by atoms with Gasteiger partial charge in [-0.15, -0.1) is 0 Å². The highest BCUT2D eigenvalue weighted by atomic mass is 16.5. The average Bonchev–Trinajstić information content (AvgIpc) is 2.15. The Morgan fingerprint density at radius 3 is 2.38 bits per heavy atom. The second kappa shape index (κ2) is 10.9. The molecular weight excluding hydrogens is 170 g/mol. The van der Waals surface area contributed by atoms with Crippen LogP contribution in [0.4, 0.5) is 0 Å². The predicted octanol–water partition coefficient (Wildman–Crippen LogP) is 0.900. The number of hydrogen-bond acceptors (Lipinski definition) is 2. The molecule has 0 aromatic carbocycles. The molecule has 0 saturated heterocycles. The molecule has 0 spiro atoms. The lowest BCUT2D eigenvalue weighted by Crippen LogP contribution is -2.77. The number of carboxylic acid groups (broad SMARTS) is 1. The number of allylic oxidation sites excluding steroid dienone is 3. The summed E-state index contributed by atoms with van der Waals surface area (Å²) in [7, 11) is 0. The first-order valence-corrected chi connectivity index (χ1v) is 4.19. The van der Waals surface area contributed by atoms with Crippen LogP contribution in [0.15, 0.2) is 23.9 Å². The molecule has 0 unspecified atom stereocenters. The molecule has 0 aliphatic rings. The van der Waals surface area contributed by atoms with E-state index in [1.54, 1.807) is 19.1 Å². The molecule has 13 heavy (non-hydrogen) atoms. The molecule has 0 bridgehead atoms. The topological polar surface area (TPSA) is 74.1 Å². The van der Waals surface area contributed by atoms with Gasteiger partial charge in [-0.2, -0.15) is 5.48 Å². The summed E-state index contributed by atoms with van der Waals surface area (Å²) in [6.07, 6.45) is 4.74. The third kappa shape index (κ3) is 13.8. The van der Waals surface area contributed by atoms with Crippen LogP contribution < -0.4 is 5.48 Å². The minimum absolute atomic E-state index is 0.00914. The van der Waals surface area contributed by atoms with Crippen LogP contribution in [0.5, 0.6) is 0 Å². The molecule has 0 aliphatic carbocycles. The lowest BCUT2D eigenvalue weighted by Gasteiger charge is -1.85. The smallest absolute Gasteiger partial charge is 0.307 e. The van der Waals surface area contributed by atoms with Crippen molar-refractivity contribution in [2.45, 2.75) is 27.2 Å². The van der Waals surface area contributed by atoms with Gasteiger partial charge in [-0.25, -0.2) is 5.21 Å². The van der Waals surface area contributed by atoms with Gasteiger partial charge in [0.2, 0.25) is 0 Å². The molecule has 0 aliphatic heterocycles. The van der Waals surface area contributed by atoms with Gasteiger partial charge in [-0.05, 0) is 6.08 Å². The van der Waals surface area contributed by atoms with Crippen molar-refractivity contribution in [3.05, 3.63) is 23.9 Å². The molecule has 4 N–H and O–H groups in total. The molecule has 0 rings (SSSR count). The van der Waals surface area contributed by atoms with E-state index < -0.39 is 5.97 Å². The predicted molar refractivity (Wildman–Crippen MR) is 50.2 cm³/mol. The van der Waals surface area contributed by atoms with E-state index in [1.807, 2.05) is 13.8 Å². The minimum atomic E-state index is -0.861. The van der Waals surface area contributed by atoms with Crippen molar-refractivity contribution in [1.82, 2.24) is 0 Å². The molecule has 0 fully saturated rings. The Morgan fingerprint density at radius 2 is 2.00 bits per heavy atom. The summed E-state index contributed by atoms with van der Waals surface area (Å²) in [4.78, 5) is 9.98. The third-order valence-corrected chi connectivity index (χ3v) is 0.991. The molecule has 0 saturated carbocycles. The van der Waals surface area contributed by atoms with Crippen LogP contribution >= 0.6 is 0 Å². The molecule has 4 heteroatoms. The number of hydroxylamine groups is 1. The van der Waals surface area contributed by atoms with Crippen molar-refractivity contribution in [1.29, 1.82) is 0 Å². The summed E-state index contributed by atoms with van der Waals surface area (Å²) in [6, 6.07) is 0. The van der Waals surface area contributed by atoms with Crippen LogP contribution in [0, 0.1) is 0 Å². The first kappa shape index (κ1) is 14.4. The highest BCUT2D eigenvalue weighted by molar-refractivity contribution is 5.68. The Kier molecular flexibility index (Phi) is 12.0. The van der Waals surface area contributed by atoms with Gasteiger partial charge in [-0.3, -0.25) is 4.79 Å². The number of carbonyl (C=O) groups is 1. The fourth-order valence-corrected chi connectivity index (χ4v) is 0.432. The average molecular weight is 188 g/mol. The quantitative estimate of drug-likeness (QED) is 0.453. The van der Waals surface area contributed by atoms with Crippen LogP contribution in [0.2, 0.25) is 0 Å². The van der Waals surface area contributed by atoms with Crippen molar-refractivity contribution >= 4 is 5.97 Å². The van der Waals surface area contributed by atoms with E-state index in [1.165, 1.54) is 6.08 Å². The van der Waals surface area contributed by atoms with E-state index in [9.17, 15) is 4.79 Å². The standard InChI is InChI=1S/C7H11NO3.C2H6/c1-6(8-11)4-2-3-5-7(9)10;1-2/h2-4,8,11H,5H2,1H3,(H,9,10);1-2H3/p+1/b3-2-,6-4-;.